The number of hydrogen-bond acceptors (Lipinski definition) is 7. The van der Waals surface area contributed by atoms with Gasteiger partial charge in [-0.2, -0.15) is 0 Å². The summed E-state index contributed by atoms with van der Waals surface area (Å²) in [6.07, 6.45) is 3.27. The second kappa shape index (κ2) is 9.86. The fraction of sp³-hybridized carbons (Fsp3) is 0.250. The van der Waals surface area contributed by atoms with E-state index < -0.39 is 0 Å². The molecule has 2 aromatic heterocycles. The summed E-state index contributed by atoms with van der Waals surface area (Å²) < 4.78 is 7.08. The first kappa shape index (κ1) is 23.2. The van der Waals surface area contributed by atoms with Gasteiger partial charge in [0.05, 0.1) is 23.1 Å². The minimum absolute atomic E-state index is 0.220. The van der Waals surface area contributed by atoms with Crippen LogP contribution in [0.25, 0.3) is 11.7 Å². The van der Waals surface area contributed by atoms with E-state index in [1.807, 2.05) is 50.2 Å². The molecule has 3 heterocycles. The maximum atomic E-state index is 13.4. The molecule has 170 valence electrons. The molecule has 1 saturated heterocycles. The molecular weight excluding hydrogens is 456 g/mol. The van der Waals surface area contributed by atoms with E-state index in [0.717, 1.165) is 11.1 Å². The third kappa shape index (κ3) is 4.57. The first-order chi connectivity index (χ1) is 15.9. The third-order valence-electron chi connectivity index (χ3n) is 5.45. The molecule has 0 saturated carbocycles. The average Bonchev–Trinajstić information content (AvgIpc) is 3.09. The summed E-state index contributed by atoms with van der Waals surface area (Å²) in [6, 6.07) is 13.2. The maximum absolute atomic E-state index is 13.4. The van der Waals surface area contributed by atoms with Crippen LogP contribution >= 0.6 is 24.0 Å². The van der Waals surface area contributed by atoms with Crippen LogP contribution in [0.3, 0.4) is 0 Å². The van der Waals surface area contributed by atoms with E-state index in [0.29, 0.717) is 39.4 Å². The molecule has 1 aliphatic rings. The van der Waals surface area contributed by atoms with E-state index in [9.17, 15) is 9.59 Å². The second-order valence-corrected chi connectivity index (χ2v) is 9.30. The van der Waals surface area contributed by atoms with E-state index in [4.69, 9.17) is 17.0 Å². The predicted octanol–water partition coefficient (Wildman–Crippen LogP) is 4.02. The van der Waals surface area contributed by atoms with E-state index in [1.54, 1.807) is 30.3 Å². The molecule has 1 atom stereocenters. The minimum Gasteiger partial charge on any atom is -0.383 e. The quantitative estimate of drug-likeness (QED) is 0.311. The van der Waals surface area contributed by atoms with Gasteiger partial charge in [-0.05, 0) is 37.1 Å². The Kier molecular flexibility index (Phi) is 6.92. The van der Waals surface area contributed by atoms with Gasteiger partial charge in [0.1, 0.15) is 15.8 Å². The lowest BCUT2D eigenvalue weighted by atomic mass is 10.1. The number of carbonyl (C=O) groups excluding carboxylic acids is 1. The number of nitrogens with zero attached hydrogens (tertiary/aromatic N) is 3. The molecule has 0 spiro atoms. The molecule has 7 nitrogen and oxygen atoms in total. The molecular formula is C24H24N4O3S2. The molecule has 33 heavy (non-hydrogen) atoms. The molecule has 0 aliphatic carbocycles. The number of thiocarbonyl (C=S) groups is 1. The Hall–Kier alpha value is -3.01. The summed E-state index contributed by atoms with van der Waals surface area (Å²) in [5, 5.41) is 3.17. The van der Waals surface area contributed by atoms with Gasteiger partial charge in [0.15, 0.2) is 0 Å². The van der Waals surface area contributed by atoms with Gasteiger partial charge in [0.25, 0.3) is 11.5 Å². The third-order valence-corrected chi connectivity index (χ3v) is 6.78. The van der Waals surface area contributed by atoms with Crippen LogP contribution < -0.4 is 10.9 Å². The summed E-state index contributed by atoms with van der Waals surface area (Å²) in [5.74, 6) is 0.186. The van der Waals surface area contributed by atoms with Crippen molar-refractivity contribution in [2.24, 2.45) is 0 Å². The van der Waals surface area contributed by atoms with E-state index in [2.05, 4.69) is 10.3 Å². The monoisotopic (exact) mass is 480 g/mol. The van der Waals surface area contributed by atoms with E-state index in [-0.39, 0.29) is 17.5 Å². The highest BCUT2D eigenvalue weighted by molar-refractivity contribution is 8.26. The van der Waals surface area contributed by atoms with Crippen molar-refractivity contribution in [1.82, 2.24) is 14.3 Å². The van der Waals surface area contributed by atoms with Gasteiger partial charge in [-0.3, -0.25) is 18.9 Å². The number of anilines is 1. The van der Waals surface area contributed by atoms with Gasteiger partial charge in [-0.1, -0.05) is 60.4 Å². The summed E-state index contributed by atoms with van der Waals surface area (Å²) >= 11 is 6.72. The zero-order valence-corrected chi connectivity index (χ0v) is 20.2. The van der Waals surface area contributed by atoms with Gasteiger partial charge >= 0.3 is 0 Å². The molecule has 0 unspecified atom stereocenters. The SMILES string of the molecule is COCCNc1nc2c(C)cccn2c(=O)c1/C=C1\SC(=S)N([C@H](C)c2ccccc2)C1=O. The first-order valence-electron chi connectivity index (χ1n) is 10.5. The lowest BCUT2D eigenvalue weighted by molar-refractivity contribution is -0.123. The van der Waals surface area contributed by atoms with Crippen molar-refractivity contribution in [3.8, 4) is 0 Å². The number of carbonyl (C=O) groups is 1. The van der Waals surface area contributed by atoms with Crippen LogP contribution in [0.5, 0.6) is 0 Å². The number of rotatable bonds is 7. The normalized spacial score (nSPS) is 16.1. The van der Waals surface area contributed by atoms with Crippen LogP contribution in [-0.2, 0) is 9.53 Å². The molecule has 3 aromatic rings. The Morgan fingerprint density at radius 1 is 1.21 bits per heavy atom. The molecule has 1 aliphatic heterocycles. The lowest BCUT2D eigenvalue weighted by Crippen LogP contribution is -2.31. The highest BCUT2D eigenvalue weighted by Gasteiger charge is 2.36. The molecule has 1 amide bonds. The number of amides is 1. The number of ether oxygens (including phenoxy) is 1. The zero-order valence-electron chi connectivity index (χ0n) is 18.6. The van der Waals surface area contributed by atoms with Gasteiger partial charge < -0.3 is 10.1 Å². The van der Waals surface area contributed by atoms with Crippen molar-refractivity contribution in [2.45, 2.75) is 19.9 Å². The zero-order chi connectivity index (χ0) is 23.5. The van der Waals surface area contributed by atoms with Crippen LogP contribution in [0, 0.1) is 6.92 Å². The highest BCUT2D eigenvalue weighted by Crippen LogP contribution is 2.38. The second-order valence-electron chi connectivity index (χ2n) is 7.62. The Balaban J connectivity index is 1.77. The molecule has 9 heteroatoms. The van der Waals surface area contributed by atoms with Crippen molar-refractivity contribution < 1.29 is 9.53 Å². The van der Waals surface area contributed by atoms with Crippen LogP contribution in [-0.4, -0.2) is 44.8 Å². The number of pyridine rings is 1. The Labute approximate surface area is 201 Å². The number of aryl methyl sites for hydroxylation is 1. The topological polar surface area (TPSA) is 75.9 Å². The Morgan fingerprint density at radius 2 is 1.97 bits per heavy atom. The number of hydrogen-bond donors (Lipinski definition) is 1. The molecule has 1 N–H and O–H groups in total. The van der Waals surface area contributed by atoms with Crippen molar-refractivity contribution in [1.29, 1.82) is 0 Å². The molecule has 0 radical (unpaired) electrons. The standard InChI is InChI=1S/C24H24N4O3S2/c1-15-8-7-12-27-21(15)26-20(25-11-13-31-3)18(22(27)29)14-19-23(30)28(24(32)33-19)16(2)17-9-5-4-6-10-17/h4-10,12,14,16,25H,11,13H2,1-3H3/b19-14-/t16-/m1/s1. The number of nitrogens with one attached hydrogen (secondary N) is 1. The van der Waals surface area contributed by atoms with Crippen molar-refractivity contribution in [3.05, 3.63) is 80.6 Å². The highest BCUT2D eigenvalue weighted by atomic mass is 32.2. The fourth-order valence-corrected chi connectivity index (χ4v) is 5.07. The van der Waals surface area contributed by atoms with Crippen LogP contribution in [0.15, 0.2) is 58.4 Å². The first-order valence-corrected chi connectivity index (χ1v) is 11.7. The smallest absolute Gasteiger partial charge is 0.267 e. The van der Waals surface area contributed by atoms with Gasteiger partial charge in [-0.15, -0.1) is 0 Å². The van der Waals surface area contributed by atoms with Crippen molar-refractivity contribution >= 4 is 51.7 Å². The predicted molar refractivity (Wildman–Crippen MR) is 136 cm³/mol. The summed E-state index contributed by atoms with van der Waals surface area (Å²) in [6.45, 7) is 4.76. The van der Waals surface area contributed by atoms with Gasteiger partial charge in [0, 0.05) is 19.9 Å². The van der Waals surface area contributed by atoms with Crippen molar-refractivity contribution in [2.75, 3.05) is 25.6 Å². The number of fused-ring (bicyclic) bond motifs is 1. The van der Waals surface area contributed by atoms with Gasteiger partial charge in [-0.25, -0.2) is 4.98 Å². The Morgan fingerprint density at radius 3 is 2.70 bits per heavy atom. The molecule has 0 bridgehead atoms. The number of benzene rings is 1. The van der Waals surface area contributed by atoms with Crippen LogP contribution in [0.2, 0.25) is 0 Å². The van der Waals surface area contributed by atoms with E-state index >= 15 is 0 Å². The lowest BCUT2D eigenvalue weighted by Gasteiger charge is -2.23. The fourth-order valence-electron chi connectivity index (χ4n) is 3.67. The molecule has 1 fully saturated rings. The summed E-state index contributed by atoms with van der Waals surface area (Å²) in [7, 11) is 1.61. The van der Waals surface area contributed by atoms with Crippen molar-refractivity contribution in [3.63, 3.8) is 0 Å². The summed E-state index contributed by atoms with van der Waals surface area (Å²) in [4.78, 5) is 33.4. The molecule has 1 aromatic carbocycles. The van der Waals surface area contributed by atoms with Crippen LogP contribution in [0.1, 0.15) is 29.7 Å². The largest absolute Gasteiger partial charge is 0.383 e. The maximum Gasteiger partial charge on any atom is 0.267 e. The van der Waals surface area contributed by atoms with E-state index in [1.165, 1.54) is 16.2 Å². The Bertz CT molecular complexity index is 1300. The average molecular weight is 481 g/mol. The number of thioether (sulfide) groups is 1. The number of aromatic nitrogens is 2. The minimum atomic E-state index is -0.259. The van der Waals surface area contributed by atoms with Gasteiger partial charge in [0.2, 0.25) is 0 Å². The number of methoxy groups -OCH3 is 1. The van der Waals surface area contributed by atoms with Crippen LogP contribution in [0.4, 0.5) is 5.82 Å². The summed E-state index contributed by atoms with van der Waals surface area (Å²) in [5.41, 5.74) is 2.47. The molecule has 4 rings (SSSR count).